The molecule has 4 N–H and O–H groups in total. The number of aromatic nitrogens is 1. The van der Waals surface area contributed by atoms with Crippen molar-refractivity contribution < 1.29 is 32.6 Å². The highest BCUT2D eigenvalue weighted by Gasteiger charge is 2.30. The maximum atomic E-state index is 13.1. The summed E-state index contributed by atoms with van der Waals surface area (Å²) in [6.07, 6.45) is 0.837. The Bertz CT molecular complexity index is 1710. The number of pyridine rings is 1. The van der Waals surface area contributed by atoms with E-state index in [9.17, 15) is 27.9 Å². The summed E-state index contributed by atoms with van der Waals surface area (Å²) in [6.45, 7) is 2.23. The number of methoxy groups -OCH3 is 1. The van der Waals surface area contributed by atoms with Gasteiger partial charge < -0.3 is 25.4 Å². The van der Waals surface area contributed by atoms with Crippen LogP contribution in [0.4, 0.5) is 21.9 Å². The number of aliphatic carboxylic acids is 1. The van der Waals surface area contributed by atoms with E-state index in [-0.39, 0.29) is 36.3 Å². The molecule has 0 radical (unpaired) electrons. The fourth-order valence-corrected chi connectivity index (χ4v) is 5.85. The van der Waals surface area contributed by atoms with Crippen LogP contribution in [0.2, 0.25) is 0 Å². The highest BCUT2D eigenvalue weighted by molar-refractivity contribution is 8.04. The predicted octanol–water partition coefficient (Wildman–Crippen LogP) is 2.98. The average Bonchev–Trinajstić information content (AvgIpc) is 3.45. The third kappa shape index (κ3) is 8.62. The van der Waals surface area contributed by atoms with Gasteiger partial charge in [-0.1, -0.05) is 24.3 Å². The Labute approximate surface area is 261 Å². The van der Waals surface area contributed by atoms with Crippen LogP contribution in [-0.4, -0.2) is 80.8 Å². The molecule has 4 rings (SSSR count). The molecule has 2 aromatic carbocycles. The van der Waals surface area contributed by atoms with Crippen LogP contribution in [-0.2, 0) is 26.0 Å². The van der Waals surface area contributed by atoms with Gasteiger partial charge in [-0.05, 0) is 55.4 Å². The molecule has 0 spiro atoms. The lowest BCUT2D eigenvalue weighted by atomic mass is 10.1. The molecule has 0 saturated heterocycles. The van der Waals surface area contributed by atoms with Crippen LogP contribution in [0, 0.1) is 6.92 Å². The van der Waals surface area contributed by atoms with Gasteiger partial charge in [-0.2, -0.15) is 0 Å². The number of aryl methyl sites for hydroxylation is 1. The summed E-state index contributed by atoms with van der Waals surface area (Å²) in [5.74, 6) is -1.12. The number of anilines is 3. The molecule has 1 aliphatic heterocycles. The molecule has 1 aromatic heterocycles. The minimum Gasteiger partial charge on any atom is -0.495 e. The zero-order valence-electron chi connectivity index (χ0n) is 25.3. The number of carboxylic acids is 1. The average molecular weight is 638 g/mol. The summed E-state index contributed by atoms with van der Waals surface area (Å²) in [4.78, 5) is 48.5. The number of rotatable bonds is 11. The second-order valence-electron chi connectivity index (χ2n) is 10.5. The molecule has 238 valence electrons. The minimum absolute atomic E-state index is 0.00228. The van der Waals surface area contributed by atoms with Crippen LogP contribution < -0.4 is 25.0 Å². The zero-order chi connectivity index (χ0) is 32.7. The Balaban J connectivity index is 1.41. The summed E-state index contributed by atoms with van der Waals surface area (Å²) in [5, 5.41) is 14.9. The van der Waals surface area contributed by atoms with Crippen molar-refractivity contribution >= 4 is 50.0 Å². The Hall–Kier alpha value is -4.86. The summed E-state index contributed by atoms with van der Waals surface area (Å²) >= 11 is 0. The number of para-hydroxylation sites is 1. The number of ether oxygens (including phenoxy) is 1. The van der Waals surface area contributed by atoms with Crippen molar-refractivity contribution in [1.29, 1.82) is 0 Å². The first-order valence-electron chi connectivity index (χ1n) is 13.9. The van der Waals surface area contributed by atoms with Gasteiger partial charge in [0.25, 0.3) is 10.0 Å². The Morgan fingerprint density at radius 2 is 1.82 bits per heavy atom. The minimum atomic E-state index is -4.04. The number of benzene rings is 2. The molecule has 45 heavy (non-hydrogen) atoms. The molecule has 1 aliphatic rings. The van der Waals surface area contributed by atoms with Gasteiger partial charge in [0.2, 0.25) is 5.91 Å². The largest absolute Gasteiger partial charge is 0.495 e. The number of hydrogen-bond acceptors (Lipinski definition) is 9. The Morgan fingerprint density at radius 3 is 2.44 bits per heavy atom. The highest BCUT2D eigenvalue weighted by atomic mass is 32.2. The van der Waals surface area contributed by atoms with Gasteiger partial charge in [0.15, 0.2) is 5.04 Å². The molecular weight excluding hydrogens is 602 g/mol. The van der Waals surface area contributed by atoms with Gasteiger partial charge >= 0.3 is 12.0 Å². The normalized spacial score (nSPS) is 13.9. The first-order chi connectivity index (χ1) is 21.4. The summed E-state index contributed by atoms with van der Waals surface area (Å²) < 4.78 is 33.5. The van der Waals surface area contributed by atoms with Crippen LogP contribution in [0.15, 0.2) is 65.8 Å². The van der Waals surface area contributed by atoms with Gasteiger partial charge in [-0.15, -0.1) is 0 Å². The van der Waals surface area contributed by atoms with Crippen molar-refractivity contribution in [2.24, 2.45) is 4.99 Å². The number of carboxylic acid groups (broad SMARTS) is 1. The van der Waals surface area contributed by atoms with Gasteiger partial charge in [-0.3, -0.25) is 24.5 Å². The van der Waals surface area contributed by atoms with Crippen molar-refractivity contribution in [2.75, 3.05) is 50.0 Å². The highest BCUT2D eigenvalue weighted by Crippen LogP contribution is 2.27. The molecule has 1 atom stereocenters. The van der Waals surface area contributed by atoms with Crippen molar-refractivity contribution in [2.45, 2.75) is 25.8 Å². The first kappa shape index (κ1) is 33.0. The number of nitrogens with zero attached hydrogens (tertiary/aromatic N) is 4. The summed E-state index contributed by atoms with van der Waals surface area (Å²) in [7, 11) is 0.704. The quantitative estimate of drug-likeness (QED) is 0.246. The second-order valence-corrected chi connectivity index (χ2v) is 12.2. The van der Waals surface area contributed by atoms with E-state index in [1.54, 1.807) is 49.3 Å². The monoisotopic (exact) mass is 637 g/mol. The van der Waals surface area contributed by atoms with Gasteiger partial charge in [0.1, 0.15) is 5.75 Å². The van der Waals surface area contributed by atoms with Crippen LogP contribution in [0.3, 0.4) is 0 Å². The van der Waals surface area contributed by atoms with Crippen LogP contribution >= 0.6 is 0 Å². The molecule has 15 heteroatoms. The van der Waals surface area contributed by atoms with Crippen molar-refractivity contribution in [1.82, 2.24) is 14.6 Å². The molecule has 2 heterocycles. The molecular formula is C30H35N7O7S. The molecule has 3 amide bonds. The molecule has 3 aromatic rings. The SMILES string of the molecule is COc1cc(CC(=O)N(C)c2ccc(C(CC(=O)O)NS(=O)(=O)C3=NCN(C)C3)nc2)ccc1NC(=O)Nc1ccccc1C. The van der Waals surface area contributed by atoms with E-state index in [2.05, 4.69) is 25.3 Å². The molecule has 0 aliphatic carbocycles. The third-order valence-electron chi connectivity index (χ3n) is 7.03. The molecule has 1 unspecified atom stereocenters. The number of carbonyl (C=O) groups is 3. The van der Waals surface area contributed by atoms with Crippen molar-refractivity contribution in [3.05, 3.63) is 77.6 Å². The van der Waals surface area contributed by atoms with E-state index >= 15 is 0 Å². The third-order valence-corrected chi connectivity index (χ3v) is 8.51. The number of aliphatic imine (C=N–C) groups is 1. The van der Waals surface area contributed by atoms with Crippen LogP contribution in [0.1, 0.15) is 29.3 Å². The lowest BCUT2D eigenvalue weighted by Crippen LogP contribution is -2.37. The van der Waals surface area contributed by atoms with E-state index in [0.717, 1.165) is 5.56 Å². The molecule has 0 saturated carbocycles. The summed E-state index contributed by atoms with van der Waals surface area (Å²) in [5.41, 5.74) is 3.24. The maximum Gasteiger partial charge on any atom is 0.323 e. The van der Waals surface area contributed by atoms with E-state index < -0.39 is 34.5 Å². The number of likely N-dealkylation sites (N-methyl/N-ethyl adjacent to an activating group) is 1. The fourth-order valence-electron chi connectivity index (χ4n) is 4.51. The zero-order valence-corrected chi connectivity index (χ0v) is 26.1. The van der Waals surface area contributed by atoms with Crippen LogP contribution in [0.25, 0.3) is 0 Å². The first-order valence-corrected chi connectivity index (χ1v) is 15.3. The fraction of sp³-hybridized carbons (Fsp3) is 0.300. The van der Waals surface area contributed by atoms with E-state index in [1.807, 2.05) is 25.1 Å². The summed E-state index contributed by atoms with van der Waals surface area (Å²) in [6, 6.07) is 13.8. The van der Waals surface area contributed by atoms with Crippen molar-refractivity contribution in [3.63, 3.8) is 0 Å². The van der Waals surface area contributed by atoms with Crippen LogP contribution in [0.5, 0.6) is 5.75 Å². The standard InChI is InChI=1S/C30H35N7O7S/c1-19-7-5-6-8-22(19)33-30(41)34-24-11-9-20(13-26(24)44-4)14-28(38)37(3)21-10-12-23(31-16-21)25(15-29(39)40)35-45(42,43)27-17-36(2)18-32-27/h5-13,16,25,35H,14-15,17-18H2,1-4H3,(H,39,40)(H2,33,34,41). The van der Waals surface area contributed by atoms with Gasteiger partial charge in [-0.25, -0.2) is 17.9 Å². The maximum absolute atomic E-state index is 13.1. The Morgan fingerprint density at radius 1 is 1.09 bits per heavy atom. The number of amides is 3. The molecule has 0 fully saturated rings. The number of sulfonamides is 1. The van der Waals surface area contributed by atoms with Crippen molar-refractivity contribution in [3.8, 4) is 5.75 Å². The molecule has 0 bridgehead atoms. The van der Waals surface area contributed by atoms with E-state index in [1.165, 1.54) is 24.3 Å². The van der Waals surface area contributed by atoms with E-state index in [4.69, 9.17) is 4.74 Å². The number of nitrogens with one attached hydrogen (secondary N) is 3. The predicted molar refractivity (Wildman–Crippen MR) is 170 cm³/mol. The number of hydrogen-bond donors (Lipinski definition) is 4. The smallest absolute Gasteiger partial charge is 0.323 e. The lowest BCUT2D eigenvalue weighted by Gasteiger charge is -2.20. The second kappa shape index (κ2) is 14.3. The Kier molecular flexibility index (Phi) is 10.5. The topological polar surface area (TPSA) is 183 Å². The van der Waals surface area contributed by atoms with E-state index in [0.29, 0.717) is 28.4 Å². The number of urea groups is 1. The molecule has 14 nitrogen and oxygen atoms in total. The lowest BCUT2D eigenvalue weighted by molar-refractivity contribution is -0.137. The van der Waals surface area contributed by atoms with Gasteiger partial charge in [0.05, 0.1) is 62.5 Å². The van der Waals surface area contributed by atoms with Gasteiger partial charge in [0, 0.05) is 12.7 Å². The number of carbonyl (C=O) groups excluding carboxylic acids is 2.